The van der Waals surface area contributed by atoms with E-state index in [0.717, 1.165) is 5.06 Å². The fourth-order valence-electron chi connectivity index (χ4n) is 1.21. The van der Waals surface area contributed by atoms with Gasteiger partial charge in [0.2, 0.25) is 0 Å². The fourth-order valence-corrected chi connectivity index (χ4v) is 1.96. The van der Waals surface area contributed by atoms with Gasteiger partial charge in [-0.15, -0.1) is 11.3 Å². The molecule has 0 fully saturated rings. The molecule has 0 radical (unpaired) electrons. The van der Waals surface area contributed by atoms with Crippen molar-refractivity contribution >= 4 is 11.3 Å². The summed E-state index contributed by atoms with van der Waals surface area (Å²) in [6, 6.07) is 12.3. The molecule has 2 rings (SSSR count). The molecule has 0 saturated carbocycles. The molecular weight excluding hydrogens is 192 g/mol. The summed E-state index contributed by atoms with van der Waals surface area (Å²) in [5.41, 5.74) is 2.47. The number of ether oxygens (including phenoxy) is 1. The highest BCUT2D eigenvalue weighted by Gasteiger charge is 1.97. The molecule has 14 heavy (non-hydrogen) atoms. The highest BCUT2D eigenvalue weighted by Crippen LogP contribution is 2.23. The van der Waals surface area contributed by atoms with Gasteiger partial charge < -0.3 is 4.74 Å². The number of aryl methyl sites for hydroxylation is 1. The normalized spacial score (nSPS) is 10.1. The van der Waals surface area contributed by atoms with Crippen LogP contribution in [0, 0.1) is 6.92 Å². The molecule has 0 atom stereocenters. The van der Waals surface area contributed by atoms with Crippen molar-refractivity contribution in [1.82, 2.24) is 0 Å². The lowest BCUT2D eigenvalue weighted by Gasteiger charge is -2.02. The van der Waals surface area contributed by atoms with Crippen molar-refractivity contribution in [3.63, 3.8) is 0 Å². The van der Waals surface area contributed by atoms with Crippen molar-refractivity contribution in [2.24, 2.45) is 0 Å². The second-order valence-corrected chi connectivity index (χ2v) is 4.09. The number of thiophene rings is 1. The smallest absolute Gasteiger partial charge is 0.174 e. The van der Waals surface area contributed by atoms with Gasteiger partial charge in [-0.3, -0.25) is 0 Å². The van der Waals surface area contributed by atoms with Crippen LogP contribution in [0.3, 0.4) is 0 Å². The van der Waals surface area contributed by atoms with E-state index < -0.39 is 0 Å². The first-order chi connectivity index (χ1) is 6.84. The van der Waals surface area contributed by atoms with Gasteiger partial charge in [0.05, 0.1) is 0 Å². The van der Waals surface area contributed by atoms with E-state index in [9.17, 15) is 0 Å². The van der Waals surface area contributed by atoms with Crippen LogP contribution in [0.1, 0.15) is 11.1 Å². The lowest BCUT2D eigenvalue weighted by molar-refractivity contribution is 0.315. The number of hydrogen-bond acceptors (Lipinski definition) is 2. The van der Waals surface area contributed by atoms with E-state index in [1.54, 1.807) is 11.3 Å². The molecule has 0 aliphatic carbocycles. The van der Waals surface area contributed by atoms with Gasteiger partial charge in [-0.25, -0.2) is 0 Å². The Balaban J connectivity index is 1.95. The molecule has 0 spiro atoms. The highest BCUT2D eigenvalue weighted by atomic mass is 32.1. The van der Waals surface area contributed by atoms with Crippen molar-refractivity contribution < 1.29 is 4.74 Å². The van der Waals surface area contributed by atoms with E-state index in [1.807, 2.05) is 18.2 Å². The maximum Gasteiger partial charge on any atom is 0.174 e. The summed E-state index contributed by atoms with van der Waals surface area (Å²) < 4.78 is 5.63. The van der Waals surface area contributed by atoms with Gasteiger partial charge in [-0.2, -0.15) is 0 Å². The Morgan fingerprint density at radius 2 is 2.00 bits per heavy atom. The lowest BCUT2D eigenvalue weighted by Crippen LogP contribution is -1.92. The molecule has 1 aromatic carbocycles. The molecule has 0 amide bonds. The molecule has 2 heteroatoms. The standard InChI is InChI=1S/C12H12OS/c1-10-7-12(14-9-10)13-8-11-5-3-2-4-6-11/h2-7,9H,8H2,1H3. The topological polar surface area (TPSA) is 9.23 Å². The molecule has 0 unspecified atom stereocenters. The van der Waals surface area contributed by atoms with E-state index in [0.29, 0.717) is 6.61 Å². The van der Waals surface area contributed by atoms with E-state index in [2.05, 4.69) is 30.5 Å². The summed E-state index contributed by atoms with van der Waals surface area (Å²) in [6.45, 7) is 2.73. The van der Waals surface area contributed by atoms with Gasteiger partial charge >= 0.3 is 0 Å². The van der Waals surface area contributed by atoms with Crippen molar-refractivity contribution in [1.29, 1.82) is 0 Å². The molecule has 0 N–H and O–H groups in total. The minimum absolute atomic E-state index is 0.654. The molecule has 2 aromatic rings. The molecule has 0 aliphatic rings. The van der Waals surface area contributed by atoms with Crippen LogP contribution in [0.15, 0.2) is 41.8 Å². The van der Waals surface area contributed by atoms with Crippen molar-refractivity contribution in [2.45, 2.75) is 13.5 Å². The number of benzene rings is 1. The van der Waals surface area contributed by atoms with Crippen molar-refractivity contribution in [2.75, 3.05) is 0 Å². The average molecular weight is 204 g/mol. The Bertz CT molecular complexity index is 392. The summed E-state index contributed by atoms with van der Waals surface area (Å²) in [5.74, 6) is 0. The maximum atomic E-state index is 5.63. The number of rotatable bonds is 3. The van der Waals surface area contributed by atoms with Crippen LogP contribution < -0.4 is 4.74 Å². The van der Waals surface area contributed by atoms with Gasteiger partial charge in [-0.1, -0.05) is 30.3 Å². The van der Waals surface area contributed by atoms with Crippen LogP contribution >= 0.6 is 11.3 Å². The molecule has 0 saturated heterocycles. The molecule has 1 heterocycles. The average Bonchev–Trinajstić information content (AvgIpc) is 2.63. The third-order valence-corrected chi connectivity index (χ3v) is 2.89. The van der Waals surface area contributed by atoms with Crippen molar-refractivity contribution in [3.05, 3.63) is 52.9 Å². The molecule has 1 nitrogen and oxygen atoms in total. The Kier molecular flexibility index (Phi) is 2.84. The Morgan fingerprint density at radius 1 is 1.21 bits per heavy atom. The zero-order valence-corrected chi connectivity index (χ0v) is 8.88. The zero-order valence-electron chi connectivity index (χ0n) is 8.07. The molecule has 0 bridgehead atoms. The summed E-state index contributed by atoms with van der Waals surface area (Å²) in [7, 11) is 0. The third kappa shape index (κ3) is 2.36. The number of hydrogen-bond donors (Lipinski definition) is 0. The third-order valence-electron chi connectivity index (χ3n) is 1.93. The molecular formula is C12H12OS. The van der Waals surface area contributed by atoms with Crippen LogP contribution in [0.2, 0.25) is 0 Å². The van der Waals surface area contributed by atoms with E-state index >= 15 is 0 Å². The Labute approximate surface area is 88.0 Å². The van der Waals surface area contributed by atoms with Gasteiger partial charge in [-0.05, 0) is 29.5 Å². The largest absolute Gasteiger partial charge is 0.479 e. The SMILES string of the molecule is Cc1csc(OCc2ccccc2)c1. The molecule has 0 aliphatic heterocycles. The minimum Gasteiger partial charge on any atom is -0.479 e. The summed E-state index contributed by atoms with van der Waals surface area (Å²) in [5, 5.41) is 3.09. The van der Waals surface area contributed by atoms with Crippen LogP contribution in [0.5, 0.6) is 5.06 Å². The van der Waals surface area contributed by atoms with Gasteiger partial charge in [0, 0.05) is 0 Å². The minimum atomic E-state index is 0.654. The summed E-state index contributed by atoms with van der Waals surface area (Å²) >= 11 is 1.65. The Morgan fingerprint density at radius 3 is 2.64 bits per heavy atom. The van der Waals surface area contributed by atoms with Gasteiger partial charge in [0.25, 0.3) is 0 Å². The molecule has 72 valence electrons. The first-order valence-electron chi connectivity index (χ1n) is 4.56. The lowest BCUT2D eigenvalue weighted by atomic mass is 10.2. The van der Waals surface area contributed by atoms with Crippen LogP contribution in [-0.2, 0) is 6.61 Å². The second-order valence-electron chi connectivity index (χ2n) is 3.22. The quantitative estimate of drug-likeness (QED) is 0.741. The summed E-state index contributed by atoms with van der Waals surface area (Å²) in [6.07, 6.45) is 0. The molecule has 1 aromatic heterocycles. The van der Waals surface area contributed by atoms with E-state index in [4.69, 9.17) is 4.74 Å². The predicted molar refractivity (Wildman–Crippen MR) is 59.8 cm³/mol. The monoisotopic (exact) mass is 204 g/mol. The van der Waals surface area contributed by atoms with Gasteiger partial charge in [0.1, 0.15) is 6.61 Å². The first kappa shape index (κ1) is 9.28. The van der Waals surface area contributed by atoms with Gasteiger partial charge in [0.15, 0.2) is 5.06 Å². The van der Waals surface area contributed by atoms with Crippen LogP contribution in [-0.4, -0.2) is 0 Å². The van der Waals surface area contributed by atoms with E-state index in [1.165, 1.54) is 11.1 Å². The zero-order chi connectivity index (χ0) is 9.80. The van der Waals surface area contributed by atoms with Crippen LogP contribution in [0.4, 0.5) is 0 Å². The van der Waals surface area contributed by atoms with E-state index in [-0.39, 0.29) is 0 Å². The Hall–Kier alpha value is -1.28. The predicted octanol–water partition coefficient (Wildman–Crippen LogP) is 3.64. The maximum absolute atomic E-state index is 5.63. The summed E-state index contributed by atoms with van der Waals surface area (Å²) in [4.78, 5) is 0. The highest BCUT2D eigenvalue weighted by molar-refractivity contribution is 7.11. The van der Waals surface area contributed by atoms with Crippen molar-refractivity contribution in [3.8, 4) is 5.06 Å². The fraction of sp³-hybridized carbons (Fsp3) is 0.167. The second kappa shape index (κ2) is 4.29. The first-order valence-corrected chi connectivity index (χ1v) is 5.44. The van der Waals surface area contributed by atoms with Crippen LogP contribution in [0.25, 0.3) is 0 Å².